The molecule has 1 aromatic heterocycles. The molecule has 4 rings (SSSR count). The van der Waals surface area contributed by atoms with E-state index in [0.717, 1.165) is 31.4 Å². The first-order chi connectivity index (χ1) is 11.3. The lowest BCUT2D eigenvalue weighted by Gasteiger charge is -2.15. The van der Waals surface area contributed by atoms with Crippen molar-refractivity contribution in [3.8, 4) is 17.3 Å². The molecule has 0 amide bonds. The highest BCUT2D eigenvalue weighted by molar-refractivity contribution is 5.59. The van der Waals surface area contributed by atoms with Gasteiger partial charge in [-0.3, -0.25) is 5.10 Å². The van der Waals surface area contributed by atoms with E-state index in [1.807, 2.05) is 6.07 Å². The van der Waals surface area contributed by atoms with Gasteiger partial charge in [-0.2, -0.15) is 5.10 Å². The minimum atomic E-state index is 0.392. The molecular weight excluding hydrogens is 284 g/mol. The van der Waals surface area contributed by atoms with Gasteiger partial charge in [0.1, 0.15) is 0 Å². The molecule has 0 bridgehead atoms. The Hall–Kier alpha value is -2.12. The SMILES string of the molecule is NC1CCC([N+]#CC2C[C@@H]2c2ccc(-c3ccn[nH]3)cc2)CC1. The highest BCUT2D eigenvalue weighted by Crippen LogP contribution is 2.47. The zero-order chi connectivity index (χ0) is 15.6. The van der Waals surface area contributed by atoms with Crippen LogP contribution in [0.15, 0.2) is 36.5 Å². The molecule has 0 aliphatic heterocycles. The Morgan fingerprint density at radius 1 is 1.09 bits per heavy atom. The Bertz CT molecular complexity index is 700. The number of rotatable bonds is 2. The third-order valence-corrected chi connectivity index (χ3v) is 5.11. The van der Waals surface area contributed by atoms with E-state index in [1.165, 1.54) is 17.5 Å². The summed E-state index contributed by atoms with van der Waals surface area (Å²) in [5.74, 6) is 1.10. The number of H-pyrrole nitrogens is 1. The van der Waals surface area contributed by atoms with E-state index in [4.69, 9.17) is 10.6 Å². The number of nitrogens with zero attached hydrogens (tertiary/aromatic N) is 2. The average molecular weight is 307 g/mol. The minimum Gasteiger partial charge on any atom is -0.328 e. The molecule has 0 radical (unpaired) electrons. The summed E-state index contributed by atoms with van der Waals surface area (Å²) in [6, 6.07) is 15.0. The third-order valence-electron chi connectivity index (χ3n) is 5.11. The van der Waals surface area contributed by atoms with Gasteiger partial charge in [0.2, 0.25) is 0 Å². The summed E-state index contributed by atoms with van der Waals surface area (Å²) in [6.45, 7) is 0. The fourth-order valence-corrected chi connectivity index (χ4v) is 3.46. The normalized spacial score (nSPS) is 29.6. The van der Waals surface area contributed by atoms with Crippen molar-refractivity contribution in [1.82, 2.24) is 10.2 Å². The zero-order valence-corrected chi connectivity index (χ0v) is 13.3. The van der Waals surface area contributed by atoms with Crippen molar-refractivity contribution in [3.05, 3.63) is 46.9 Å². The van der Waals surface area contributed by atoms with Gasteiger partial charge in [-0.15, -0.1) is 0 Å². The van der Waals surface area contributed by atoms with Gasteiger partial charge in [0.15, 0.2) is 0 Å². The Kier molecular flexibility index (Phi) is 3.88. The highest BCUT2D eigenvalue weighted by atomic mass is 15.1. The van der Waals surface area contributed by atoms with Gasteiger partial charge in [0, 0.05) is 31.0 Å². The minimum absolute atomic E-state index is 0.392. The third kappa shape index (κ3) is 3.30. The Morgan fingerprint density at radius 3 is 2.57 bits per heavy atom. The topological polar surface area (TPSA) is 59.1 Å². The second-order valence-corrected chi connectivity index (χ2v) is 6.87. The van der Waals surface area contributed by atoms with Crippen LogP contribution < -0.4 is 5.73 Å². The molecule has 0 saturated heterocycles. The van der Waals surface area contributed by atoms with E-state index in [0.29, 0.717) is 23.9 Å². The van der Waals surface area contributed by atoms with Crippen LogP contribution in [0.5, 0.6) is 0 Å². The standard InChI is InChI=1S/C19H23N4/c20-16-5-7-17(8-6-16)21-12-15-11-18(15)13-1-3-14(4-2-13)19-9-10-22-23-19/h1-4,9-10,15-18H,5-8,11,20H2,(H,22,23)/q+1/t15?,16?,17?,18-/m1/s1. The highest BCUT2D eigenvalue weighted by Gasteiger charge is 2.42. The van der Waals surface area contributed by atoms with Crippen LogP contribution >= 0.6 is 0 Å². The van der Waals surface area contributed by atoms with Crippen LogP contribution in [0.2, 0.25) is 0 Å². The zero-order valence-electron chi connectivity index (χ0n) is 13.3. The smallest absolute Gasteiger partial charge is 0.277 e. The first kappa shape index (κ1) is 14.5. The number of nitrogens with one attached hydrogen (secondary N) is 1. The van der Waals surface area contributed by atoms with Crippen molar-refractivity contribution in [2.24, 2.45) is 11.7 Å². The van der Waals surface area contributed by atoms with Gasteiger partial charge in [-0.25, -0.2) is 0 Å². The number of nitrogens with two attached hydrogens (primary N) is 1. The molecule has 4 nitrogen and oxygen atoms in total. The second-order valence-electron chi connectivity index (χ2n) is 6.87. The maximum absolute atomic E-state index is 5.94. The summed E-state index contributed by atoms with van der Waals surface area (Å²) in [5.41, 5.74) is 9.58. The molecular formula is C19H23N4+. The first-order valence-corrected chi connectivity index (χ1v) is 8.60. The van der Waals surface area contributed by atoms with Gasteiger partial charge >= 0.3 is 0 Å². The van der Waals surface area contributed by atoms with Crippen molar-refractivity contribution < 1.29 is 0 Å². The molecule has 2 fully saturated rings. The van der Waals surface area contributed by atoms with Crippen molar-refractivity contribution >= 4 is 0 Å². The van der Waals surface area contributed by atoms with Gasteiger partial charge in [-0.05, 0) is 36.5 Å². The number of aromatic amines is 1. The van der Waals surface area contributed by atoms with E-state index in [9.17, 15) is 0 Å². The van der Waals surface area contributed by atoms with Crippen LogP contribution in [-0.2, 0) is 0 Å². The molecule has 1 heterocycles. The largest absolute Gasteiger partial charge is 0.328 e. The van der Waals surface area contributed by atoms with E-state index in [2.05, 4.69) is 40.5 Å². The molecule has 1 aromatic carbocycles. The molecule has 4 heteroatoms. The Labute approximate surface area is 136 Å². The van der Waals surface area contributed by atoms with Crippen molar-refractivity contribution in [1.29, 1.82) is 0 Å². The lowest BCUT2D eigenvalue weighted by Crippen LogP contribution is -2.27. The van der Waals surface area contributed by atoms with Crippen LogP contribution in [-0.4, -0.2) is 22.3 Å². The Morgan fingerprint density at radius 2 is 1.87 bits per heavy atom. The van der Waals surface area contributed by atoms with E-state index in [-0.39, 0.29) is 0 Å². The van der Waals surface area contributed by atoms with Crippen LogP contribution in [0.3, 0.4) is 0 Å². The summed E-state index contributed by atoms with van der Waals surface area (Å²) in [7, 11) is 0. The number of hydrogen-bond donors (Lipinski definition) is 2. The predicted octanol–water partition coefficient (Wildman–Crippen LogP) is 3.78. The van der Waals surface area contributed by atoms with Gasteiger partial charge in [0.05, 0.1) is 11.6 Å². The predicted molar refractivity (Wildman–Crippen MR) is 92.4 cm³/mol. The Balaban J connectivity index is 1.36. The van der Waals surface area contributed by atoms with E-state index in [1.54, 1.807) is 6.20 Å². The van der Waals surface area contributed by atoms with Crippen LogP contribution in [0.1, 0.15) is 43.6 Å². The monoisotopic (exact) mass is 307 g/mol. The van der Waals surface area contributed by atoms with Crippen molar-refractivity contribution in [2.45, 2.75) is 50.1 Å². The first-order valence-electron chi connectivity index (χ1n) is 8.60. The molecule has 2 aromatic rings. The van der Waals surface area contributed by atoms with Gasteiger partial charge < -0.3 is 5.73 Å². The number of aromatic nitrogens is 2. The summed E-state index contributed by atoms with van der Waals surface area (Å²) in [5, 5.41) is 7.00. The molecule has 0 spiro atoms. The molecule has 2 saturated carbocycles. The second kappa shape index (κ2) is 6.17. The number of hydrogen-bond acceptors (Lipinski definition) is 2. The summed E-state index contributed by atoms with van der Waals surface area (Å²) in [4.78, 5) is 4.69. The van der Waals surface area contributed by atoms with Crippen LogP contribution in [0.4, 0.5) is 0 Å². The molecule has 118 valence electrons. The summed E-state index contributed by atoms with van der Waals surface area (Å²) >= 11 is 0. The van der Waals surface area contributed by atoms with Crippen LogP contribution in [0, 0.1) is 12.0 Å². The summed E-state index contributed by atoms with van der Waals surface area (Å²) < 4.78 is 0. The average Bonchev–Trinajstić information content (AvgIpc) is 3.15. The lowest BCUT2D eigenvalue weighted by molar-refractivity contribution is 0.424. The van der Waals surface area contributed by atoms with Crippen molar-refractivity contribution in [3.63, 3.8) is 0 Å². The van der Waals surface area contributed by atoms with Gasteiger partial charge in [-0.1, -0.05) is 29.1 Å². The fraction of sp³-hybridized carbons (Fsp3) is 0.474. The quantitative estimate of drug-likeness (QED) is 0.887. The maximum atomic E-state index is 5.94. The number of benzene rings is 1. The molecule has 2 aliphatic carbocycles. The van der Waals surface area contributed by atoms with Gasteiger partial charge in [0.25, 0.3) is 12.1 Å². The molecule has 1 unspecified atom stereocenters. The van der Waals surface area contributed by atoms with E-state index < -0.39 is 0 Å². The molecule has 3 N–H and O–H groups in total. The molecule has 2 aliphatic rings. The van der Waals surface area contributed by atoms with Crippen LogP contribution in [0.25, 0.3) is 16.1 Å². The van der Waals surface area contributed by atoms with Crippen molar-refractivity contribution in [2.75, 3.05) is 0 Å². The maximum Gasteiger partial charge on any atom is 0.277 e. The molecule has 2 atom stereocenters. The lowest BCUT2D eigenvalue weighted by atomic mass is 9.92. The molecule has 23 heavy (non-hydrogen) atoms. The fourth-order valence-electron chi connectivity index (χ4n) is 3.46. The van der Waals surface area contributed by atoms with E-state index >= 15 is 0 Å². The summed E-state index contributed by atoms with van der Waals surface area (Å²) in [6.07, 6.45) is 7.44.